The van der Waals surface area contributed by atoms with Crippen LogP contribution < -0.4 is 10.2 Å². The lowest BCUT2D eigenvalue weighted by atomic mass is 10.0. The summed E-state index contributed by atoms with van der Waals surface area (Å²) in [6.45, 7) is 4.05. The number of hydrogen-bond donors (Lipinski definition) is 2. The standard InChI is InChI=1S/C17H21N3O2/c1-2-20(8-9-21)17-7-6-16(12-19-17)15-5-3-4-14(10-15)11-18-13-22/h3-7,10,12-13,21H,2,8-9,11H2,1H3,(H,18,22). The van der Waals surface area contributed by atoms with Gasteiger partial charge in [0, 0.05) is 31.4 Å². The van der Waals surface area contributed by atoms with Crippen molar-refractivity contribution >= 4 is 12.2 Å². The van der Waals surface area contributed by atoms with Crippen molar-refractivity contribution in [3.8, 4) is 11.1 Å². The predicted molar refractivity (Wildman–Crippen MR) is 87.5 cm³/mol. The quantitative estimate of drug-likeness (QED) is 0.730. The Labute approximate surface area is 130 Å². The van der Waals surface area contributed by atoms with Gasteiger partial charge in [0.1, 0.15) is 5.82 Å². The molecule has 2 aromatic rings. The summed E-state index contributed by atoms with van der Waals surface area (Å²) in [5.41, 5.74) is 3.13. The highest BCUT2D eigenvalue weighted by atomic mass is 16.3. The second-order valence-corrected chi connectivity index (χ2v) is 4.91. The SMILES string of the molecule is CCN(CCO)c1ccc(-c2cccc(CNC=O)c2)cn1. The molecule has 0 aliphatic heterocycles. The Morgan fingerprint density at radius 3 is 2.77 bits per heavy atom. The minimum absolute atomic E-state index is 0.114. The molecule has 116 valence electrons. The number of nitrogens with one attached hydrogen (secondary N) is 1. The Hall–Kier alpha value is -2.40. The van der Waals surface area contributed by atoms with Gasteiger partial charge in [0.15, 0.2) is 0 Å². The summed E-state index contributed by atoms with van der Waals surface area (Å²) in [4.78, 5) is 16.9. The number of rotatable bonds is 8. The van der Waals surface area contributed by atoms with Crippen molar-refractivity contribution in [2.45, 2.75) is 13.5 Å². The van der Waals surface area contributed by atoms with Crippen LogP contribution in [0, 0.1) is 0 Å². The lowest BCUT2D eigenvalue weighted by molar-refractivity contribution is -0.109. The molecular weight excluding hydrogens is 278 g/mol. The molecule has 22 heavy (non-hydrogen) atoms. The zero-order chi connectivity index (χ0) is 15.8. The van der Waals surface area contributed by atoms with Gasteiger partial charge in [-0.3, -0.25) is 4.79 Å². The molecular formula is C17H21N3O2. The van der Waals surface area contributed by atoms with Gasteiger partial charge in [-0.05, 0) is 36.2 Å². The van der Waals surface area contributed by atoms with Gasteiger partial charge >= 0.3 is 0 Å². The molecule has 0 saturated heterocycles. The highest BCUT2D eigenvalue weighted by molar-refractivity contribution is 5.64. The van der Waals surface area contributed by atoms with Crippen molar-refractivity contribution in [3.05, 3.63) is 48.2 Å². The molecule has 1 heterocycles. The van der Waals surface area contributed by atoms with E-state index in [9.17, 15) is 4.79 Å². The van der Waals surface area contributed by atoms with Crippen molar-refractivity contribution in [3.63, 3.8) is 0 Å². The van der Waals surface area contributed by atoms with E-state index < -0.39 is 0 Å². The van der Waals surface area contributed by atoms with Crippen LogP contribution in [-0.4, -0.2) is 36.2 Å². The molecule has 1 aromatic heterocycles. The largest absolute Gasteiger partial charge is 0.395 e. The Morgan fingerprint density at radius 2 is 2.14 bits per heavy atom. The molecule has 1 amide bonds. The van der Waals surface area contributed by atoms with Crippen molar-refractivity contribution < 1.29 is 9.90 Å². The summed E-state index contributed by atoms with van der Waals surface area (Å²) < 4.78 is 0. The summed E-state index contributed by atoms with van der Waals surface area (Å²) >= 11 is 0. The van der Waals surface area contributed by atoms with Crippen LogP contribution in [0.5, 0.6) is 0 Å². The highest BCUT2D eigenvalue weighted by Gasteiger charge is 2.06. The number of carbonyl (C=O) groups excluding carboxylic acids is 1. The van der Waals surface area contributed by atoms with E-state index in [0.29, 0.717) is 19.5 Å². The number of aromatic nitrogens is 1. The van der Waals surface area contributed by atoms with Gasteiger partial charge in [0.2, 0.25) is 6.41 Å². The zero-order valence-corrected chi connectivity index (χ0v) is 12.7. The van der Waals surface area contributed by atoms with Crippen molar-refractivity contribution in [2.75, 3.05) is 24.6 Å². The lowest BCUT2D eigenvalue weighted by Crippen LogP contribution is -2.26. The second kappa shape index (κ2) is 8.14. The Bertz CT molecular complexity index is 599. The molecule has 2 rings (SSSR count). The van der Waals surface area contributed by atoms with E-state index in [1.165, 1.54) is 0 Å². The molecule has 0 spiro atoms. The monoisotopic (exact) mass is 299 g/mol. The molecule has 0 atom stereocenters. The van der Waals surface area contributed by atoms with Gasteiger partial charge < -0.3 is 15.3 Å². The third-order valence-corrected chi connectivity index (χ3v) is 3.47. The van der Waals surface area contributed by atoms with Crippen LogP contribution in [0.15, 0.2) is 42.6 Å². The zero-order valence-electron chi connectivity index (χ0n) is 12.7. The lowest BCUT2D eigenvalue weighted by Gasteiger charge is -2.20. The highest BCUT2D eigenvalue weighted by Crippen LogP contribution is 2.22. The average molecular weight is 299 g/mol. The Kier molecular flexibility index (Phi) is 5.91. The van der Waals surface area contributed by atoms with E-state index in [1.807, 2.05) is 54.4 Å². The van der Waals surface area contributed by atoms with Gasteiger partial charge in [0.05, 0.1) is 6.61 Å². The van der Waals surface area contributed by atoms with E-state index in [2.05, 4.69) is 10.3 Å². The normalized spacial score (nSPS) is 10.3. The van der Waals surface area contributed by atoms with Crippen LogP contribution in [0.1, 0.15) is 12.5 Å². The first-order chi connectivity index (χ1) is 10.8. The number of anilines is 1. The van der Waals surface area contributed by atoms with Gasteiger partial charge in [-0.15, -0.1) is 0 Å². The molecule has 0 saturated carbocycles. The number of aliphatic hydroxyl groups is 1. The van der Waals surface area contributed by atoms with E-state index in [-0.39, 0.29) is 6.61 Å². The van der Waals surface area contributed by atoms with E-state index in [1.54, 1.807) is 0 Å². The van der Waals surface area contributed by atoms with Crippen LogP contribution in [-0.2, 0) is 11.3 Å². The van der Waals surface area contributed by atoms with Crippen molar-refractivity contribution in [2.24, 2.45) is 0 Å². The average Bonchev–Trinajstić information content (AvgIpc) is 2.58. The number of hydrogen-bond acceptors (Lipinski definition) is 4. The summed E-state index contributed by atoms with van der Waals surface area (Å²) in [5, 5.41) is 11.7. The van der Waals surface area contributed by atoms with Crippen LogP contribution in [0.25, 0.3) is 11.1 Å². The first-order valence-electron chi connectivity index (χ1n) is 7.36. The number of pyridine rings is 1. The van der Waals surface area contributed by atoms with Gasteiger partial charge in [-0.1, -0.05) is 18.2 Å². The number of carbonyl (C=O) groups is 1. The van der Waals surface area contributed by atoms with E-state index >= 15 is 0 Å². The van der Waals surface area contributed by atoms with E-state index in [0.717, 1.165) is 29.1 Å². The number of nitrogens with zero attached hydrogens (tertiary/aromatic N) is 2. The first kappa shape index (κ1) is 16.0. The number of amides is 1. The summed E-state index contributed by atoms with van der Waals surface area (Å²) in [7, 11) is 0. The van der Waals surface area contributed by atoms with Gasteiger partial charge in [-0.25, -0.2) is 4.98 Å². The van der Waals surface area contributed by atoms with Gasteiger partial charge in [0.25, 0.3) is 0 Å². The van der Waals surface area contributed by atoms with Crippen LogP contribution in [0.2, 0.25) is 0 Å². The summed E-state index contributed by atoms with van der Waals surface area (Å²) in [6.07, 6.45) is 2.53. The molecule has 2 N–H and O–H groups in total. The third-order valence-electron chi connectivity index (χ3n) is 3.47. The fourth-order valence-electron chi connectivity index (χ4n) is 2.32. The van der Waals surface area contributed by atoms with Gasteiger partial charge in [-0.2, -0.15) is 0 Å². The molecule has 0 aliphatic rings. The smallest absolute Gasteiger partial charge is 0.207 e. The Balaban J connectivity index is 2.17. The van der Waals surface area contributed by atoms with Crippen LogP contribution in [0.4, 0.5) is 5.82 Å². The molecule has 0 unspecified atom stereocenters. The van der Waals surface area contributed by atoms with E-state index in [4.69, 9.17) is 5.11 Å². The fourth-order valence-corrected chi connectivity index (χ4v) is 2.32. The number of aliphatic hydroxyl groups excluding tert-OH is 1. The summed E-state index contributed by atoms with van der Waals surface area (Å²) in [6, 6.07) is 12.0. The molecule has 0 bridgehead atoms. The maximum atomic E-state index is 10.4. The Morgan fingerprint density at radius 1 is 1.27 bits per heavy atom. The molecule has 0 radical (unpaired) electrons. The number of likely N-dealkylation sites (N-methyl/N-ethyl adjacent to an activating group) is 1. The second-order valence-electron chi connectivity index (χ2n) is 4.91. The molecule has 0 fully saturated rings. The minimum atomic E-state index is 0.114. The van der Waals surface area contributed by atoms with Crippen molar-refractivity contribution in [1.82, 2.24) is 10.3 Å². The minimum Gasteiger partial charge on any atom is -0.395 e. The third kappa shape index (κ3) is 4.05. The maximum Gasteiger partial charge on any atom is 0.207 e. The molecule has 5 nitrogen and oxygen atoms in total. The topological polar surface area (TPSA) is 65.5 Å². The van der Waals surface area contributed by atoms with Crippen LogP contribution >= 0.6 is 0 Å². The molecule has 0 aliphatic carbocycles. The fraction of sp³-hybridized carbons (Fsp3) is 0.294. The molecule has 1 aromatic carbocycles. The predicted octanol–water partition coefficient (Wildman–Crippen LogP) is 1.81. The first-order valence-corrected chi connectivity index (χ1v) is 7.36. The molecule has 5 heteroatoms. The maximum absolute atomic E-state index is 10.4. The number of benzene rings is 1. The van der Waals surface area contributed by atoms with Crippen molar-refractivity contribution in [1.29, 1.82) is 0 Å². The summed E-state index contributed by atoms with van der Waals surface area (Å²) in [5.74, 6) is 0.860. The van der Waals surface area contributed by atoms with Crippen LogP contribution in [0.3, 0.4) is 0 Å².